The molecule has 3 N–H and O–H groups in total. The number of aromatic nitrogens is 1. The Morgan fingerprint density at radius 1 is 1.47 bits per heavy atom. The van der Waals surface area contributed by atoms with Crippen molar-refractivity contribution in [2.24, 2.45) is 5.92 Å². The average molecular weight is 207 g/mol. The Morgan fingerprint density at radius 2 is 2.27 bits per heavy atom. The van der Waals surface area contributed by atoms with Gasteiger partial charge in [-0.1, -0.05) is 0 Å². The van der Waals surface area contributed by atoms with E-state index in [1.54, 1.807) is 12.3 Å². The highest BCUT2D eigenvalue weighted by Crippen LogP contribution is 2.09. The van der Waals surface area contributed by atoms with Gasteiger partial charge in [0.1, 0.15) is 5.69 Å². The van der Waals surface area contributed by atoms with Crippen molar-refractivity contribution in [3.05, 3.63) is 24.0 Å². The molecule has 0 aliphatic carbocycles. The van der Waals surface area contributed by atoms with Gasteiger partial charge in [0.2, 0.25) is 0 Å². The maximum Gasteiger partial charge on any atom is 0.267 e. The summed E-state index contributed by atoms with van der Waals surface area (Å²) in [5.74, 6) is 0.628. The van der Waals surface area contributed by atoms with Gasteiger partial charge < -0.3 is 15.6 Å². The average Bonchev–Trinajstić information content (AvgIpc) is 2.81. The predicted octanol–water partition coefficient (Wildman–Crippen LogP) is 0.744. The Labute approximate surface area is 89.5 Å². The number of aromatic amines is 1. The molecule has 0 radical (unpaired) electrons. The second-order valence-corrected chi connectivity index (χ2v) is 3.99. The molecule has 2 heterocycles. The molecule has 82 valence electrons. The molecule has 2 rings (SSSR count). The number of nitrogens with one attached hydrogen (secondary N) is 3. The first-order valence-corrected chi connectivity index (χ1v) is 5.48. The summed E-state index contributed by atoms with van der Waals surface area (Å²) < 4.78 is 0. The number of amides is 1. The van der Waals surface area contributed by atoms with Gasteiger partial charge in [-0.25, -0.2) is 0 Å². The standard InChI is InChI=1S/C11H17N3O/c15-11(10-2-1-5-13-10)14-8-9-3-6-12-7-4-9/h1-2,5,9,12-13H,3-4,6-8H2,(H,14,15). The largest absolute Gasteiger partial charge is 0.357 e. The van der Waals surface area contributed by atoms with Crippen LogP contribution in [-0.4, -0.2) is 30.5 Å². The lowest BCUT2D eigenvalue weighted by Gasteiger charge is -2.22. The topological polar surface area (TPSA) is 56.9 Å². The van der Waals surface area contributed by atoms with Crippen LogP contribution in [-0.2, 0) is 0 Å². The van der Waals surface area contributed by atoms with Crippen molar-refractivity contribution < 1.29 is 4.79 Å². The van der Waals surface area contributed by atoms with E-state index in [4.69, 9.17) is 0 Å². The number of hydrogen-bond donors (Lipinski definition) is 3. The second-order valence-electron chi connectivity index (χ2n) is 3.99. The third-order valence-corrected chi connectivity index (χ3v) is 2.85. The van der Waals surface area contributed by atoms with Gasteiger partial charge in [0.15, 0.2) is 0 Å². The summed E-state index contributed by atoms with van der Waals surface area (Å²) in [6.07, 6.45) is 4.08. The molecule has 1 aliphatic rings. The number of rotatable bonds is 3. The van der Waals surface area contributed by atoms with E-state index in [0.717, 1.165) is 32.5 Å². The summed E-state index contributed by atoms with van der Waals surface area (Å²) in [5.41, 5.74) is 0.643. The van der Waals surface area contributed by atoms with Gasteiger partial charge in [0.25, 0.3) is 5.91 Å². The molecular weight excluding hydrogens is 190 g/mol. The number of H-pyrrole nitrogens is 1. The van der Waals surface area contributed by atoms with E-state index in [0.29, 0.717) is 11.6 Å². The van der Waals surface area contributed by atoms with Gasteiger partial charge in [-0.15, -0.1) is 0 Å². The lowest BCUT2D eigenvalue weighted by atomic mass is 9.98. The third-order valence-electron chi connectivity index (χ3n) is 2.85. The summed E-state index contributed by atoms with van der Waals surface area (Å²) in [5, 5.41) is 6.27. The SMILES string of the molecule is O=C(NCC1CCNCC1)c1ccc[nH]1. The minimum Gasteiger partial charge on any atom is -0.357 e. The molecule has 15 heavy (non-hydrogen) atoms. The van der Waals surface area contributed by atoms with Crippen molar-refractivity contribution in [1.82, 2.24) is 15.6 Å². The first-order chi connectivity index (χ1) is 7.36. The van der Waals surface area contributed by atoms with Crippen LogP contribution in [0, 0.1) is 5.92 Å². The molecule has 1 saturated heterocycles. The van der Waals surface area contributed by atoms with Crippen molar-refractivity contribution in [3.8, 4) is 0 Å². The van der Waals surface area contributed by atoms with E-state index < -0.39 is 0 Å². The molecule has 1 aliphatic heterocycles. The van der Waals surface area contributed by atoms with E-state index in [1.165, 1.54) is 0 Å². The van der Waals surface area contributed by atoms with E-state index in [-0.39, 0.29) is 5.91 Å². The Balaban J connectivity index is 1.75. The van der Waals surface area contributed by atoms with E-state index in [1.807, 2.05) is 6.07 Å². The zero-order valence-corrected chi connectivity index (χ0v) is 8.75. The quantitative estimate of drug-likeness (QED) is 0.685. The van der Waals surface area contributed by atoms with Crippen LogP contribution in [0.4, 0.5) is 0 Å². The van der Waals surface area contributed by atoms with Crippen molar-refractivity contribution >= 4 is 5.91 Å². The smallest absolute Gasteiger partial charge is 0.267 e. The lowest BCUT2D eigenvalue weighted by Crippen LogP contribution is -2.36. The monoisotopic (exact) mass is 207 g/mol. The molecule has 1 amide bonds. The van der Waals surface area contributed by atoms with Crippen molar-refractivity contribution in [3.63, 3.8) is 0 Å². The summed E-state index contributed by atoms with van der Waals surface area (Å²) in [4.78, 5) is 14.5. The summed E-state index contributed by atoms with van der Waals surface area (Å²) >= 11 is 0. The zero-order valence-electron chi connectivity index (χ0n) is 8.75. The molecule has 4 nitrogen and oxygen atoms in total. The molecule has 0 bridgehead atoms. The number of carbonyl (C=O) groups excluding carboxylic acids is 1. The van der Waals surface area contributed by atoms with Crippen LogP contribution in [0.3, 0.4) is 0 Å². The normalized spacial score (nSPS) is 17.6. The maximum absolute atomic E-state index is 11.6. The Kier molecular flexibility index (Phi) is 3.40. The van der Waals surface area contributed by atoms with Gasteiger partial charge in [-0.2, -0.15) is 0 Å². The minimum atomic E-state index is -0.00136. The molecule has 0 spiro atoms. The third kappa shape index (κ3) is 2.83. The lowest BCUT2D eigenvalue weighted by molar-refractivity contribution is 0.0940. The summed E-state index contributed by atoms with van der Waals surface area (Å²) in [6.45, 7) is 2.94. The zero-order chi connectivity index (χ0) is 10.5. The summed E-state index contributed by atoms with van der Waals surface area (Å²) in [6, 6.07) is 3.62. The Morgan fingerprint density at radius 3 is 2.93 bits per heavy atom. The van der Waals surface area contributed by atoms with Crippen LogP contribution < -0.4 is 10.6 Å². The Bertz CT molecular complexity index is 302. The van der Waals surface area contributed by atoms with Gasteiger partial charge in [0, 0.05) is 12.7 Å². The number of carbonyl (C=O) groups is 1. The highest BCUT2D eigenvalue weighted by Gasteiger charge is 2.14. The van der Waals surface area contributed by atoms with Crippen LogP contribution in [0.5, 0.6) is 0 Å². The van der Waals surface area contributed by atoms with Gasteiger partial charge >= 0.3 is 0 Å². The highest BCUT2D eigenvalue weighted by molar-refractivity contribution is 5.92. The van der Waals surface area contributed by atoms with Gasteiger partial charge in [-0.05, 0) is 44.0 Å². The second kappa shape index (κ2) is 4.98. The molecule has 0 aromatic carbocycles. The molecule has 1 fully saturated rings. The number of piperidine rings is 1. The van der Waals surface area contributed by atoms with E-state index in [9.17, 15) is 4.79 Å². The van der Waals surface area contributed by atoms with Crippen molar-refractivity contribution in [1.29, 1.82) is 0 Å². The predicted molar refractivity (Wildman–Crippen MR) is 58.7 cm³/mol. The fourth-order valence-corrected chi connectivity index (χ4v) is 1.89. The first-order valence-electron chi connectivity index (χ1n) is 5.48. The molecule has 0 atom stereocenters. The maximum atomic E-state index is 11.6. The molecule has 1 aromatic heterocycles. The van der Waals surface area contributed by atoms with E-state index >= 15 is 0 Å². The van der Waals surface area contributed by atoms with Crippen molar-refractivity contribution in [2.45, 2.75) is 12.8 Å². The Hall–Kier alpha value is -1.29. The summed E-state index contributed by atoms with van der Waals surface area (Å²) in [7, 11) is 0. The molecule has 1 aromatic rings. The van der Waals surface area contributed by atoms with E-state index in [2.05, 4.69) is 15.6 Å². The first kappa shape index (κ1) is 10.2. The highest BCUT2D eigenvalue weighted by atomic mass is 16.1. The van der Waals surface area contributed by atoms with Crippen LogP contribution >= 0.6 is 0 Å². The van der Waals surface area contributed by atoms with Crippen LogP contribution in [0.1, 0.15) is 23.3 Å². The van der Waals surface area contributed by atoms with Gasteiger partial charge in [-0.3, -0.25) is 4.79 Å². The molecule has 0 unspecified atom stereocenters. The van der Waals surface area contributed by atoms with Crippen molar-refractivity contribution in [2.75, 3.05) is 19.6 Å². The van der Waals surface area contributed by atoms with Crippen LogP contribution in [0.25, 0.3) is 0 Å². The molecule has 4 heteroatoms. The van der Waals surface area contributed by atoms with Crippen LogP contribution in [0.15, 0.2) is 18.3 Å². The number of hydrogen-bond acceptors (Lipinski definition) is 2. The van der Waals surface area contributed by atoms with Gasteiger partial charge in [0.05, 0.1) is 0 Å². The molecular formula is C11H17N3O. The minimum absolute atomic E-state index is 0.00136. The molecule has 0 saturated carbocycles. The fraction of sp³-hybridized carbons (Fsp3) is 0.545. The van der Waals surface area contributed by atoms with Crippen LogP contribution in [0.2, 0.25) is 0 Å². The fourth-order valence-electron chi connectivity index (χ4n) is 1.89.